The second-order valence-electron chi connectivity index (χ2n) is 5.40. The standard InChI is InChI=1S/C15H17ClN2OS/c1-18-7-6-10-2-3-12(8-11(10)9-18)17-15(19)13-4-5-14(16)20-13/h3-5,8,10H,2,6-7,9H2,1H3,(H,17,19). The maximum absolute atomic E-state index is 12.1. The fraction of sp³-hybridized carbons (Fsp3) is 0.400. The number of amides is 1. The molecular weight excluding hydrogens is 292 g/mol. The summed E-state index contributed by atoms with van der Waals surface area (Å²) in [4.78, 5) is 15.1. The highest BCUT2D eigenvalue weighted by Crippen LogP contribution is 2.30. The fourth-order valence-corrected chi connectivity index (χ4v) is 3.70. The zero-order chi connectivity index (χ0) is 14.1. The molecule has 1 atom stereocenters. The third kappa shape index (κ3) is 2.97. The molecule has 1 aromatic heterocycles. The Morgan fingerprint density at radius 3 is 3.10 bits per heavy atom. The molecule has 0 spiro atoms. The number of likely N-dealkylation sites (N-methyl/N-ethyl adjacent to an activating group) is 1. The van der Waals surface area contributed by atoms with Gasteiger partial charge in [0, 0.05) is 12.2 Å². The molecule has 106 valence electrons. The average Bonchev–Trinajstić information content (AvgIpc) is 2.85. The number of fused-ring (bicyclic) bond motifs is 1. The van der Waals surface area contributed by atoms with Gasteiger partial charge in [-0.3, -0.25) is 4.79 Å². The number of carbonyl (C=O) groups excluding carboxylic acids is 1. The van der Waals surface area contributed by atoms with Crippen LogP contribution in [-0.2, 0) is 0 Å². The van der Waals surface area contributed by atoms with E-state index in [1.807, 2.05) is 0 Å². The van der Waals surface area contributed by atoms with Gasteiger partial charge in [-0.2, -0.15) is 0 Å². The summed E-state index contributed by atoms with van der Waals surface area (Å²) in [6.07, 6.45) is 6.50. The van der Waals surface area contributed by atoms with E-state index >= 15 is 0 Å². The van der Waals surface area contributed by atoms with E-state index in [0.717, 1.165) is 25.2 Å². The van der Waals surface area contributed by atoms with Crippen LogP contribution < -0.4 is 5.32 Å². The Kier molecular flexibility index (Phi) is 3.96. The molecular formula is C15H17ClN2OS. The number of likely N-dealkylation sites (tertiary alicyclic amines) is 1. The second kappa shape index (κ2) is 5.72. The van der Waals surface area contributed by atoms with Crippen LogP contribution in [0.2, 0.25) is 4.34 Å². The summed E-state index contributed by atoms with van der Waals surface area (Å²) in [5, 5.41) is 2.98. The molecule has 20 heavy (non-hydrogen) atoms. The zero-order valence-electron chi connectivity index (χ0n) is 11.4. The van der Waals surface area contributed by atoms with E-state index < -0.39 is 0 Å². The highest BCUT2D eigenvalue weighted by atomic mass is 35.5. The molecule has 0 aromatic carbocycles. The fourth-order valence-electron chi connectivity index (χ4n) is 2.76. The van der Waals surface area contributed by atoms with Crippen LogP contribution >= 0.6 is 22.9 Å². The van der Waals surface area contributed by atoms with Gasteiger partial charge >= 0.3 is 0 Å². The van der Waals surface area contributed by atoms with Crippen molar-refractivity contribution in [3.63, 3.8) is 0 Å². The highest BCUT2D eigenvalue weighted by molar-refractivity contribution is 7.18. The van der Waals surface area contributed by atoms with Gasteiger partial charge < -0.3 is 10.2 Å². The third-order valence-corrected chi connectivity index (χ3v) is 5.08. The van der Waals surface area contributed by atoms with Crippen molar-refractivity contribution < 1.29 is 4.79 Å². The molecule has 2 heterocycles. The van der Waals surface area contributed by atoms with E-state index in [0.29, 0.717) is 15.1 Å². The number of allylic oxidation sites excluding steroid dienone is 2. The largest absolute Gasteiger partial charge is 0.322 e. The van der Waals surface area contributed by atoms with Gasteiger partial charge in [-0.25, -0.2) is 0 Å². The molecule has 0 bridgehead atoms. The molecule has 2 aliphatic rings. The van der Waals surface area contributed by atoms with Gasteiger partial charge in [-0.05, 0) is 50.6 Å². The van der Waals surface area contributed by atoms with Gasteiger partial charge in [0.2, 0.25) is 0 Å². The lowest BCUT2D eigenvalue weighted by Crippen LogP contribution is -2.34. The predicted octanol–water partition coefficient (Wildman–Crippen LogP) is 3.30. The molecule has 1 aliphatic heterocycles. The summed E-state index contributed by atoms with van der Waals surface area (Å²) >= 11 is 7.17. The molecule has 1 unspecified atom stereocenters. The quantitative estimate of drug-likeness (QED) is 0.909. The number of carbonyl (C=O) groups is 1. The Bertz CT molecular complexity index is 590. The monoisotopic (exact) mass is 308 g/mol. The van der Waals surface area contributed by atoms with Crippen molar-refractivity contribution in [3.8, 4) is 0 Å². The van der Waals surface area contributed by atoms with Crippen LogP contribution in [0, 0.1) is 5.92 Å². The summed E-state index contributed by atoms with van der Waals surface area (Å²) in [5.74, 6) is 0.579. The zero-order valence-corrected chi connectivity index (χ0v) is 12.9. The lowest BCUT2D eigenvalue weighted by atomic mass is 9.85. The van der Waals surface area contributed by atoms with Crippen LogP contribution in [0.3, 0.4) is 0 Å². The van der Waals surface area contributed by atoms with Crippen LogP contribution in [-0.4, -0.2) is 30.9 Å². The Morgan fingerprint density at radius 1 is 1.50 bits per heavy atom. The van der Waals surface area contributed by atoms with Crippen molar-refractivity contribution in [1.29, 1.82) is 0 Å². The molecule has 5 heteroatoms. The minimum absolute atomic E-state index is 0.0763. The number of thiophene rings is 1. The van der Waals surface area contributed by atoms with Gasteiger partial charge in [0.15, 0.2) is 0 Å². The number of hydrogen-bond acceptors (Lipinski definition) is 3. The summed E-state index contributed by atoms with van der Waals surface area (Å²) in [5.41, 5.74) is 2.35. The summed E-state index contributed by atoms with van der Waals surface area (Å²) in [6, 6.07) is 3.51. The van der Waals surface area contributed by atoms with Gasteiger partial charge in [0.25, 0.3) is 5.91 Å². The van der Waals surface area contributed by atoms with E-state index in [9.17, 15) is 4.79 Å². The Hall–Kier alpha value is -1.10. The first-order valence-electron chi connectivity index (χ1n) is 6.77. The number of halogens is 1. The molecule has 3 rings (SSSR count). The minimum Gasteiger partial charge on any atom is -0.322 e. The average molecular weight is 309 g/mol. The molecule has 1 aromatic rings. The maximum Gasteiger partial charge on any atom is 0.265 e. The summed E-state index contributed by atoms with van der Waals surface area (Å²) < 4.78 is 0.639. The second-order valence-corrected chi connectivity index (χ2v) is 7.11. The minimum atomic E-state index is -0.0763. The first-order valence-corrected chi connectivity index (χ1v) is 7.97. The molecule has 1 N–H and O–H groups in total. The van der Waals surface area contributed by atoms with E-state index in [2.05, 4.69) is 29.4 Å². The molecule has 0 radical (unpaired) electrons. The lowest BCUT2D eigenvalue weighted by molar-refractivity contribution is 0.0970. The van der Waals surface area contributed by atoms with Crippen molar-refractivity contribution in [3.05, 3.63) is 44.8 Å². The predicted molar refractivity (Wildman–Crippen MR) is 83.2 cm³/mol. The summed E-state index contributed by atoms with van der Waals surface area (Å²) in [7, 11) is 2.14. The molecule has 1 saturated heterocycles. The molecule has 1 aliphatic carbocycles. The third-order valence-electron chi connectivity index (χ3n) is 3.85. The van der Waals surface area contributed by atoms with Crippen LogP contribution in [0.15, 0.2) is 35.6 Å². The highest BCUT2D eigenvalue weighted by Gasteiger charge is 2.24. The Morgan fingerprint density at radius 2 is 2.35 bits per heavy atom. The number of hydrogen-bond donors (Lipinski definition) is 1. The van der Waals surface area contributed by atoms with Crippen LogP contribution in [0.1, 0.15) is 22.5 Å². The van der Waals surface area contributed by atoms with Crippen molar-refractivity contribution in [2.75, 3.05) is 20.1 Å². The van der Waals surface area contributed by atoms with Gasteiger partial charge in [0.05, 0.1) is 9.21 Å². The molecule has 0 saturated carbocycles. The molecule has 1 fully saturated rings. The topological polar surface area (TPSA) is 32.3 Å². The Balaban J connectivity index is 1.69. The van der Waals surface area contributed by atoms with Gasteiger partial charge in [0.1, 0.15) is 0 Å². The number of rotatable bonds is 2. The summed E-state index contributed by atoms with van der Waals surface area (Å²) in [6.45, 7) is 2.16. The van der Waals surface area contributed by atoms with E-state index in [1.54, 1.807) is 12.1 Å². The van der Waals surface area contributed by atoms with E-state index in [-0.39, 0.29) is 5.91 Å². The van der Waals surface area contributed by atoms with Crippen LogP contribution in [0.4, 0.5) is 0 Å². The Labute approximate surface area is 127 Å². The lowest BCUT2D eigenvalue weighted by Gasteiger charge is -2.33. The van der Waals surface area contributed by atoms with E-state index in [4.69, 9.17) is 11.6 Å². The van der Waals surface area contributed by atoms with Crippen molar-refractivity contribution in [1.82, 2.24) is 10.2 Å². The first kappa shape index (κ1) is 13.9. The van der Waals surface area contributed by atoms with Crippen LogP contribution in [0.5, 0.6) is 0 Å². The van der Waals surface area contributed by atoms with Crippen molar-refractivity contribution in [2.45, 2.75) is 12.8 Å². The number of nitrogens with zero attached hydrogens (tertiary/aromatic N) is 1. The normalized spacial score (nSPS) is 22.8. The van der Waals surface area contributed by atoms with Gasteiger partial charge in [-0.15, -0.1) is 11.3 Å². The van der Waals surface area contributed by atoms with E-state index in [1.165, 1.54) is 23.3 Å². The van der Waals surface area contributed by atoms with Crippen molar-refractivity contribution in [2.24, 2.45) is 5.92 Å². The number of piperidine rings is 1. The van der Waals surface area contributed by atoms with Gasteiger partial charge in [-0.1, -0.05) is 23.3 Å². The van der Waals surface area contributed by atoms with Crippen molar-refractivity contribution >= 4 is 28.8 Å². The SMILES string of the molecule is CN1CCC2CC=C(NC(=O)c3ccc(Cl)s3)C=C2C1. The smallest absolute Gasteiger partial charge is 0.265 e. The first-order chi connectivity index (χ1) is 9.61. The molecule has 1 amide bonds. The van der Waals surface area contributed by atoms with Crippen LogP contribution in [0.25, 0.3) is 0 Å². The maximum atomic E-state index is 12.1. The number of nitrogens with one attached hydrogen (secondary N) is 1. The molecule has 3 nitrogen and oxygen atoms in total.